The summed E-state index contributed by atoms with van der Waals surface area (Å²) in [6.45, 7) is 2.75. The smallest absolute Gasteiger partial charge is 0.303 e. The van der Waals surface area contributed by atoms with Crippen molar-refractivity contribution in [1.82, 2.24) is 9.88 Å². The fraction of sp³-hybridized carbons (Fsp3) is 0.484. The number of aliphatic hydroxyl groups excluding tert-OH is 1. The van der Waals surface area contributed by atoms with E-state index in [2.05, 4.69) is 16.0 Å². The molecule has 0 radical (unpaired) electrons. The molecule has 0 aliphatic carbocycles. The molecule has 0 amide bonds. The van der Waals surface area contributed by atoms with Gasteiger partial charge in [-0.2, -0.15) is 0 Å². The average Bonchev–Trinajstić information content (AvgIpc) is 2.94. The summed E-state index contributed by atoms with van der Waals surface area (Å²) in [5.41, 5.74) is 2.90. The summed E-state index contributed by atoms with van der Waals surface area (Å²) in [6.07, 6.45) is 6.74. The van der Waals surface area contributed by atoms with Gasteiger partial charge < -0.3 is 24.6 Å². The Labute approximate surface area is 225 Å². The lowest BCUT2D eigenvalue weighted by Crippen LogP contribution is -2.41. The van der Waals surface area contributed by atoms with Crippen LogP contribution in [-0.4, -0.2) is 59.9 Å². The molecule has 1 saturated heterocycles. The van der Waals surface area contributed by atoms with Crippen molar-refractivity contribution in [3.8, 4) is 11.5 Å². The number of methoxy groups -OCH3 is 2. The normalized spacial score (nSPS) is 18.8. The largest absolute Gasteiger partial charge is 0.497 e. The zero-order chi connectivity index (χ0) is 26.9. The molecular weight excluding hydrogens is 480 g/mol. The van der Waals surface area contributed by atoms with Gasteiger partial charge in [0.2, 0.25) is 0 Å². The van der Waals surface area contributed by atoms with Gasteiger partial charge in [0.05, 0.1) is 25.8 Å². The Morgan fingerprint density at radius 2 is 1.95 bits per heavy atom. The molecule has 2 N–H and O–H groups in total. The third-order valence-electron chi connectivity index (χ3n) is 7.93. The SMILES string of the molecule is COc1ccc2nccc(C(O)CC[C@@H]3CCN(CCCCc4ccccc4OC)C[C@@H]3CC(=O)O)c2c1. The number of aliphatic hydroxyl groups is 1. The van der Waals surface area contributed by atoms with Crippen molar-refractivity contribution in [2.75, 3.05) is 33.9 Å². The average molecular weight is 521 g/mol. The highest BCUT2D eigenvalue weighted by Crippen LogP contribution is 2.35. The number of unbranched alkanes of at least 4 members (excludes halogenated alkanes) is 1. The standard InChI is InChI=1S/C31H40N2O5/c1-37-25-11-12-28-27(20-25)26(14-16-32-28)29(34)13-10-22-15-18-33(21-24(22)19-31(35)36)17-6-5-8-23-7-3-4-9-30(23)38-2/h3-4,7,9,11-12,14,16,20,22,24,29,34H,5-6,8,10,13,15,17-19,21H2,1-2H3,(H,35,36)/t22-,24+,29?/m1/s1. The van der Waals surface area contributed by atoms with Gasteiger partial charge in [-0.3, -0.25) is 9.78 Å². The molecule has 2 heterocycles. The Morgan fingerprint density at radius 1 is 1.11 bits per heavy atom. The first-order valence-electron chi connectivity index (χ1n) is 13.6. The maximum Gasteiger partial charge on any atom is 0.303 e. The van der Waals surface area contributed by atoms with Crippen LogP contribution in [0.1, 0.15) is 55.8 Å². The highest BCUT2D eigenvalue weighted by atomic mass is 16.5. The zero-order valence-corrected chi connectivity index (χ0v) is 22.5. The number of benzene rings is 2. The first kappa shape index (κ1) is 27.9. The van der Waals surface area contributed by atoms with Crippen molar-refractivity contribution in [3.05, 3.63) is 65.9 Å². The van der Waals surface area contributed by atoms with Crippen molar-refractivity contribution in [1.29, 1.82) is 0 Å². The molecule has 1 fully saturated rings. The van der Waals surface area contributed by atoms with Gasteiger partial charge >= 0.3 is 5.97 Å². The number of fused-ring (bicyclic) bond motifs is 1. The van der Waals surface area contributed by atoms with E-state index in [0.717, 1.165) is 79.7 Å². The van der Waals surface area contributed by atoms with E-state index in [0.29, 0.717) is 6.42 Å². The molecule has 1 aromatic heterocycles. The Hall–Kier alpha value is -3.16. The molecule has 204 valence electrons. The molecule has 0 bridgehead atoms. The van der Waals surface area contributed by atoms with Gasteiger partial charge in [-0.25, -0.2) is 0 Å². The predicted molar refractivity (Wildman–Crippen MR) is 149 cm³/mol. The van der Waals surface area contributed by atoms with E-state index in [1.807, 2.05) is 42.5 Å². The molecule has 2 aromatic carbocycles. The van der Waals surface area contributed by atoms with Gasteiger partial charge in [0, 0.05) is 24.5 Å². The van der Waals surface area contributed by atoms with Crippen LogP contribution in [0, 0.1) is 11.8 Å². The second kappa shape index (κ2) is 13.6. The maximum absolute atomic E-state index is 11.7. The van der Waals surface area contributed by atoms with Crippen LogP contribution >= 0.6 is 0 Å². The van der Waals surface area contributed by atoms with Crippen molar-refractivity contribution < 1.29 is 24.5 Å². The second-order valence-corrected chi connectivity index (χ2v) is 10.4. The number of para-hydroxylation sites is 1. The number of aliphatic carboxylic acids is 1. The highest BCUT2D eigenvalue weighted by Gasteiger charge is 2.31. The van der Waals surface area contributed by atoms with Gasteiger partial charge in [-0.15, -0.1) is 0 Å². The van der Waals surface area contributed by atoms with Crippen LogP contribution in [0.3, 0.4) is 0 Å². The van der Waals surface area contributed by atoms with Gasteiger partial charge in [0.1, 0.15) is 11.5 Å². The fourth-order valence-electron chi connectivity index (χ4n) is 5.85. The van der Waals surface area contributed by atoms with Gasteiger partial charge in [0.25, 0.3) is 0 Å². The Bertz CT molecular complexity index is 1200. The van der Waals surface area contributed by atoms with E-state index in [1.54, 1.807) is 20.4 Å². The highest BCUT2D eigenvalue weighted by molar-refractivity contribution is 5.83. The van der Waals surface area contributed by atoms with Crippen molar-refractivity contribution in [2.24, 2.45) is 11.8 Å². The molecule has 0 spiro atoms. The third kappa shape index (κ3) is 7.23. The van der Waals surface area contributed by atoms with Crippen LogP contribution in [0.4, 0.5) is 0 Å². The number of aromatic nitrogens is 1. The molecule has 4 rings (SSSR count). The van der Waals surface area contributed by atoms with Crippen LogP contribution in [0.2, 0.25) is 0 Å². The van der Waals surface area contributed by atoms with Crippen LogP contribution < -0.4 is 9.47 Å². The summed E-state index contributed by atoms with van der Waals surface area (Å²) in [5, 5.41) is 21.6. The number of carbonyl (C=O) groups is 1. The number of carboxylic acid groups (broad SMARTS) is 1. The van der Waals surface area contributed by atoms with Crippen LogP contribution in [0.5, 0.6) is 11.5 Å². The molecule has 1 unspecified atom stereocenters. The maximum atomic E-state index is 11.7. The lowest BCUT2D eigenvalue weighted by molar-refractivity contribution is -0.139. The first-order valence-corrected chi connectivity index (χ1v) is 13.6. The van der Waals surface area contributed by atoms with E-state index in [-0.39, 0.29) is 18.3 Å². The molecule has 7 heteroatoms. The van der Waals surface area contributed by atoms with Crippen molar-refractivity contribution >= 4 is 16.9 Å². The first-order chi connectivity index (χ1) is 18.5. The van der Waals surface area contributed by atoms with E-state index >= 15 is 0 Å². The number of carboxylic acids is 1. The van der Waals surface area contributed by atoms with Crippen LogP contribution in [-0.2, 0) is 11.2 Å². The fourth-order valence-corrected chi connectivity index (χ4v) is 5.85. The zero-order valence-electron chi connectivity index (χ0n) is 22.5. The number of hydrogen-bond donors (Lipinski definition) is 2. The number of aryl methyl sites for hydroxylation is 1. The quantitative estimate of drug-likeness (QED) is 0.288. The summed E-state index contributed by atoms with van der Waals surface area (Å²) in [5.74, 6) is 1.31. The Morgan fingerprint density at radius 3 is 2.74 bits per heavy atom. The summed E-state index contributed by atoms with van der Waals surface area (Å²) in [7, 11) is 3.34. The lowest BCUT2D eigenvalue weighted by atomic mass is 9.79. The van der Waals surface area contributed by atoms with Gasteiger partial charge in [-0.05, 0) is 105 Å². The van der Waals surface area contributed by atoms with Crippen LogP contribution in [0.25, 0.3) is 10.9 Å². The number of ether oxygens (including phenoxy) is 2. The molecule has 1 aliphatic rings. The van der Waals surface area contributed by atoms with Crippen molar-refractivity contribution in [2.45, 2.75) is 51.0 Å². The van der Waals surface area contributed by atoms with E-state index in [9.17, 15) is 15.0 Å². The summed E-state index contributed by atoms with van der Waals surface area (Å²) >= 11 is 0. The third-order valence-corrected chi connectivity index (χ3v) is 7.93. The van der Waals surface area contributed by atoms with E-state index in [1.165, 1.54) is 5.56 Å². The minimum atomic E-state index is -0.745. The number of pyridine rings is 1. The summed E-state index contributed by atoms with van der Waals surface area (Å²) in [6, 6.07) is 15.7. The Balaban J connectivity index is 1.31. The minimum absolute atomic E-state index is 0.0944. The number of hydrogen-bond acceptors (Lipinski definition) is 6. The van der Waals surface area contributed by atoms with E-state index < -0.39 is 12.1 Å². The van der Waals surface area contributed by atoms with Crippen molar-refractivity contribution in [3.63, 3.8) is 0 Å². The number of piperidine rings is 1. The summed E-state index contributed by atoms with van der Waals surface area (Å²) in [4.78, 5) is 18.5. The Kier molecular flexibility index (Phi) is 9.96. The minimum Gasteiger partial charge on any atom is -0.497 e. The molecular formula is C31H40N2O5. The number of nitrogens with zero attached hydrogens (tertiary/aromatic N) is 2. The topological polar surface area (TPSA) is 92.1 Å². The van der Waals surface area contributed by atoms with E-state index in [4.69, 9.17) is 9.47 Å². The molecule has 7 nitrogen and oxygen atoms in total. The second-order valence-electron chi connectivity index (χ2n) is 10.4. The molecule has 0 saturated carbocycles. The number of rotatable bonds is 13. The lowest BCUT2D eigenvalue weighted by Gasteiger charge is -2.38. The monoisotopic (exact) mass is 520 g/mol. The number of likely N-dealkylation sites (tertiary alicyclic amines) is 1. The summed E-state index contributed by atoms with van der Waals surface area (Å²) < 4.78 is 10.8. The predicted octanol–water partition coefficient (Wildman–Crippen LogP) is 5.50. The molecule has 1 aliphatic heterocycles. The van der Waals surface area contributed by atoms with Crippen LogP contribution in [0.15, 0.2) is 54.7 Å². The molecule has 38 heavy (non-hydrogen) atoms. The molecule has 3 aromatic rings. The molecule has 3 atom stereocenters. The van der Waals surface area contributed by atoms with Gasteiger partial charge in [0.15, 0.2) is 0 Å². The van der Waals surface area contributed by atoms with Gasteiger partial charge in [-0.1, -0.05) is 18.2 Å².